The number of aromatic hydroxyl groups is 1. The van der Waals surface area contributed by atoms with Crippen LogP contribution >= 0.6 is 11.6 Å². The molecule has 0 aliphatic rings. The van der Waals surface area contributed by atoms with Crippen molar-refractivity contribution >= 4 is 27.5 Å². The number of benzene rings is 1. The second kappa shape index (κ2) is 4.90. The minimum Gasteiger partial charge on any atom is -0.506 e. The molecule has 0 unspecified atom stereocenters. The third-order valence-corrected chi connectivity index (χ3v) is 3.18. The average Bonchev–Trinajstić information content (AvgIpc) is 2.08. The van der Waals surface area contributed by atoms with Gasteiger partial charge < -0.3 is 5.11 Å². The highest BCUT2D eigenvalue weighted by Crippen LogP contribution is 2.26. The summed E-state index contributed by atoms with van der Waals surface area (Å²) in [4.78, 5) is 0. The van der Waals surface area contributed by atoms with Gasteiger partial charge in [0, 0.05) is 6.04 Å². The fourth-order valence-electron chi connectivity index (χ4n) is 1.07. The summed E-state index contributed by atoms with van der Waals surface area (Å²) in [7, 11) is -3.60. The molecular formula is C9H13ClN2O3S. The summed E-state index contributed by atoms with van der Waals surface area (Å²) in [5.74, 6) is -0.0959. The Balaban J connectivity index is 2.84. The summed E-state index contributed by atoms with van der Waals surface area (Å²) in [5, 5.41) is 9.25. The van der Waals surface area contributed by atoms with Crippen LogP contribution in [0.2, 0.25) is 5.02 Å². The van der Waals surface area contributed by atoms with Crippen LogP contribution in [0.25, 0.3) is 0 Å². The van der Waals surface area contributed by atoms with Crippen LogP contribution in [0.15, 0.2) is 18.2 Å². The normalized spacial score (nSPS) is 11.8. The smallest absolute Gasteiger partial charge is 0.299 e. The fraction of sp³-hybridized carbons (Fsp3) is 0.333. The van der Waals surface area contributed by atoms with E-state index in [0.29, 0.717) is 0 Å². The van der Waals surface area contributed by atoms with Gasteiger partial charge in [0.1, 0.15) is 5.75 Å². The Kier molecular flexibility index (Phi) is 4.01. The summed E-state index contributed by atoms with van der Waals surface area (Å²) < 4.78 is 27.6. The molecule has 16 heavy (non-hydrogen) atoms. The number of halogens is 1. The molecule has 0 saturated heterocycles. The molecule has 1 aromatic carbocycles. The Hall–Kier alpha value is -0.980. The Labute approximate surface area is 99.6 Å². The lowest BCUT2D eigenvalue weighted by Gasteiger charge is -2.11. The van der Waals surface area contributed by atoms with E-state index >= 15 is 0 Å². The van der Waals surface area contributed by atoms with Crippen molar-refractivity contribution in [1.82, 2.24) is 4.72 Å². The summed E-state index contributed by atoms with van der Waals surface area (Å²) in [6.07, 6.45) is 0. The van der Waals surface area contributed by atoms with Crippen molar-refractivity contribution in [2.75, 3.05) is 4.72 Å². The van der Waals surface area contributed by atoms with Gasteiger partial charge in [-0.05, 0) is 32.0 Å². The Morgan fingerprint density at radius 3 is 2.50 bits per heavy atom. The number of anilines is 1. The average molecular weight is 265 g/mol. The van der Waals surface area contributed by atoms with Crippen molar-refractivity contribution in [3.05, 3.63) is 23.2 Å². The van der Waals surface area contributed by atoms with Gasteiger partial charge in [-0.25, -0.2) is 0 Å². The molecule has 1 rings (SSSR count). The van der Waals surface area contributed by atoms with E-state index in [1.807, 2.05) is 0 Å². The van der Waals surface area contributed by atoms with E-state index in [9.17, 15) is 8.42 Å². The van der Waals surface area contributed by atoms with E-state index in [-0.39, 0.29) is 22.5 Å². The minimum atomic E-state index is -3.60. The van der Waals surface area contributed by atoms with Crippen LogP contribution in [-0.2, 0) is 10.2 Å². The second-order valence-electron chi connectivity index (χ2n) is 3.54. The van der Waals surface area contributed by atoms with Crippen LogP contribution in [-0.4, -0.2) is 19.6 Å². The Bertz CT molecular complexity index is 474. The first-order valence-electron chi connectivity index (χ1n) is 4.59. The van der Waals surface area contributed by atoms with Gasteiger partial charge in [0.05, 0.1) is 10.7 Å². The van der Waals surface area contributed by atoms with Crippen LogP contribution in [0.5, 0.6) is 5.75 Å². The van der Waals surface area contributed by atoms with Gasteiger partial charge in [0.2, 0.25) is 0 Å². The maximum absolute atomic E-state index is 11.5. The van der Waals surface area contributed by atoms with Crippen LogP contribution in [0, 0.1) is 0 Å². The summed E-state index contributed by atoms with van der Waals surface area (Å²) in [5.41, 5.74) is 0.288. The van der Waals surface area contributed by atoms with Crippen LogP contribution in [0.3, 0.4) is 0 Å². The van der Waals surface area contributed by atoms with Crippen LogP contribution < -0.4 is 9.44 Å². The van der Waals surface area contributed by atoms with Crippen molar-refractivity contribution < 1.29 is 13.5 Å². The second-order valence-corrected chi connectivity index (χ2v) is 5.40. The van der Waals surface area contributed by atoms with Gasteiger partial charge in [-0.2, -0.15) is 13.1 Å². The predicted molar refractivity (Wildman–Crippen MR) is 63.9 cm³/mol. The van der Waals surface area contributed by atoms with E-state index in [1.165, 1.54) is 18.2 Å². The van der Waals surface area contributed by atoms with E-state index in [0.717, 1.165) is 0 Å². The molecule has 1 aromatic rings. The van der Waals surface area contributed by atoms with Gasteiger partial charge in [0.25, 0.3) is 10.2 Å². The Morgan fingerprint density at radius 2 is 2.00 bits per heavy atom. The van der Waals surface area contributed by atoms with E-state index < -0.39 is 10.2 Å². The fourth-order valence-corrected chi connectivity index (χ4v) is 2.36. The number of nitrogens with one attached hydrogen (secondary N) is 2. The lowest BCUT2D eigenvalue weighted by atomic mass is 10.3. The maximum atomic E-state index is 11.5. The summed E-state index contributed by atoms with van der Waals surface area (Å²) >= 11 is 5.64. The lowest BCUT2D eigenvalue weighted by molar-refractivity contribution is 0.475. The van der Waals surface area contributed by atoms with Crippen molar-refractivity contribution in [3.8, 4) is 5.75 Å². The molecule has 0 aliphatic carbocycles. The van der Waals surface area contributed by atoms with Gasteiger partial charge in [-0.15, -0.1) is 0 Å². The van der Waals surface area contributed by atoms with Gasteiger partial charge in [-0.1, -0.05) is 11.6 Å². The molecule has 0 radical (unpaired) electrons. The van der Waals surface area contributed by atoms with Crippen LogP contribution in [0.4, 0.5) is 5.69 Å². The molecule has 0 spiro atoms. The number of phenols is 1. The highest BCUT2D eigenvalue weighted by Gasteiger charge is 2.11. The number of hydrogen-bond acceptors (Lipinski definition) is 3. The van der Waals surface area contributed by atoms with Crippen molar-refractivity contribution in [3.63, 3.8) is 0 Å². The van der Waals surface area contributed by atoms with Gasteiger partial charge >= 0.3 is 0 Å². The molecule has 0 saturated carbocycles. The van der Waals surface area contributed by atoms with Crippen LogP contribution in [0.1, 0.15) is 13.8 Å². The summed E-state index contributed by atoms with van der Waals surface area (Å²) in [6.45, 7) is 3.42. The van der Waals surface area contributed by atoms with Crippen molar-refractivity contribution in [1.29, 1.82) is 0 Å². The highest BCUT2D eigenvalue weighted by atomic mass is 35.5. The van der Waals surface area contributed by atoms with Gasteiger partial charge in [-0.3, -0.25) is 4.72 Å². The molecule has 90 valence electrons. The molecule has 5 nitrogen and oxygen atoms in total. The maximum Gasteiger partial charge on any atom is 0.299 e. The largest absolute Gasteiger partial charge is 0.506 e. The third kappa shape index (κ3) is 3.88. The zero-order valence-electron chi connectivity index (χ0n) is 8.86. The molecule has 0 aliphatic heterocycles. The Morgan fingerprint density at radius 1 is 1.38 bits per heavy atom. The third-order valence-electron chi connectivity index (χ3n) is 1.59. The number of hydrogen-bond donors (Lipinski definition) is 3. The molecular weight excluding hydrogens is 252 g/mol. The first kappa shape index (κ1) is 13.1. The monoisotopic (exact) mass is 264 g/mol. The topological polar surface area (TPSA) is 78.4 Å². The highest BCUT2D eigenvalue weighted by molar-refractivity contribution is 7.90. The molecule has 0 aromatic heterocycles. The van der Waals surface area contributed by atoms with E-state index in [1.54, 1.807) is 13.8 Å². The predicted octanol–water partition coefficient (Wildman–Crippen LogP) is 1.70. The van der Waals surface area contributed by atoms with E-state index in [4.69, 9.17) is 16.7 Å². The molecule has 3 N–H and O–H groups in total. The van der Waals surface area contributed by atoms with Crippen molar-refractivity contribution in [2.24, 2.45) is 0 Å². The molecule has 0 atom stereocenters. The quantitative estimate of drug-likeness (QED) is 0.725. The molecule has 0 fully saturated rings. The molecule has 0 bridgehead atoms. The minimum absolute atomic E-state index is 0.0877. The zero-order valence-corrected chi connectivity index (χ0v) is 10.4. The zero-order chi connectivity index (χ0) is 12.3. The lowest BCUT2D eigenvalue weighted by Crippen LogP contribution is -2.35. The van der Waals surface area contributed by atoms with Gasteiger partial charge in [0.15, 0.2) is 0 Å². The SMILES string of the molecule is CC(C)NS(=O)(=O)Nc1ccc(O)c(Cl)c1. The standard InChI is InChI=1S/C9H13ClN2O3S/c1-6(2)11-16(14,15)12-7-3-4-9(13)8(10)5-7/h3-6,11-13H,1-2H3. The first-order chi connectivity index (χ1) is 7.30. The molecule has 7 heteroatoms. The molecule has 0 heterocycles. The van der Waals surface area contributed by atoms with Crippen molar-refractivity contribution in [2.45, 2.75) is 19.9 Å². The number of rotatable bonds is 4. The van der Waals surface area contributed by atoms with E-state index in [2.05, 4.69) is 9.44 Å². The summed E-state index contributed by atoms with van der Waals surface area (Å²) in [6, 6.07) is 3.86. The first-order valence-corrected chi connectivity index (χ1v) is 6.45. The number of phenolic OH excluding ortho intramolecular Hbond substituents is 1. The molecule has 0 amide bonds.